The van der Waals surface area contributed by atoms with Gasteiger partial charge in [-0.05, 0) is 68.1 Å². The van der Waals surface area contributed by atoms with Gasteiger partial charge in [-0.3, -0.25) is 9.59 Å². The molecule has 116 valence electrons. The highest BCUT2D eigenvalue weighted by atomic mass is 16.2. The van der Waals surface area contributed by atoms with Crippen molar-refractivity contribution in [2.24, 2.45) is 29.1 Å². The molecule has 5 rings (SSSR count). The molecule has 2 N–H and O–H groups in total. The lowest BCUT2D eigenvalue weighted by atomic mass is 9.49. The van der Waals surface area contributed by atoms with Crippen LogP contribution in [0.2, 0.25) is 0 Å². The molecule has 1 heterocycles. The van der Waals surface area contributed by atoms with E-state index >= 15 is 0 Å². The Labute approximate surface area is 126 Å². The van der Waals surface area contributed by atoms with Gasteiger partial charge in [0.1, 0.15) is 0 Å². The number of rotatable bonds is 4. The van der Waals surface area contributed by atoms with Crippen LogP contribution in [0.25, 0.3) is 0 Å². The molecule has 1 aliphatic heterocycles. The largest absolute Gasteiger partial charge is 0.356 e. The second-order valence-electron chi connectivity index (χ2n) is 8.16. The molecule has 21 heavy (non-hydrogen) atoms. The van der Waals surface area contributed by atoms with Gasteiger partial charge >= 0.3 is 0 Å². The second kappa shape index (κ2) is 4.99. The second-order valence-corrected chi connectivity index (χ2v) is 8.16. The third-order valence-electron chi connectivity index (χ3n) is 6.47. The average molecular weight is 290 g/mol. The molecule has 4 aliphatic carbocycles. The summed E-state index contributed by atoms with van der Waals surface area (Å²) >= 11 is 0. The van der Waals surface area contributed by atoms with Gasteiger partial charge in [-0.15, -0.1) is 0 Å². The molecule has 4 heteroatoms. The van der Waals surface area contributed by atoms with Crippen molar-refractivity contribution in [3.8, 4) is 0 Å². The van der Waals surface area contributed by atoms with E-state index < -0.39 is 0 Å². The third-order valence-corrected chi connectivity index (χ3v) is 6.47. The molecule has 4 nitrogen and oxygen atoms in total. The van der Waals surface area contributed by atoms with Crippen LogP contribution in [0.1, 0.15) is 51.4 Å². The van der Waals surface area contributed by atoms with Crippen molar-refractivity contribution in [1.29, 1.82) is 0 Å². The Balaban J connectivity index is 1.29. The number of nitrogens with one attached hydrogen (secondary N) is 2. The minimum Gasteiger partial charge on any atom is -0.356 e. The number of carbonyl (C=O) groups is 2. The Kier molecular flexibility index (Phi) is 3.23. The van der Waals surface area contributed by atoms with Crippen LogP contribution in [0, 0.1) is 29.1 Å². The summed E-state index contributed by atoms with van der Waals surface area (Å²) in [5.74, 6) is 2.86. The zero-order valence-electron chi connectivity index (χ0n) is 12.7. The zero-order chi connectivity index (χ0) is 14.4. The maximum atomic E-state index is 12.1. The zero-order valence-corrected chi connectivity index (χ0v) is 12.7. The van der Waals surface area contributed by atoms with Gasteiger partial charge in [0, 0.05) is 19.5 Å². The number of carbonyl (C=O) groups excluding carboxylic acids is 2. The fourth-order valence-corrected chi connectivity index (χ4v) is 5.98. The molecule has 2 amide bonds. The first-order chi connectivity index (χ1) is 10.1. The highest BCUT2D eigenvalue weighted by Gasteiger charge is 2.50. The van der Waals surface area contributed by atoms with Gasteiger partial charge in [-0.2, -0.15) is 0 Å². The quantitative estimate of drug-likeness (QED) is 0.830. The molecule has 4 saturated carbocycles. The average Bonchev–Trinajstić information content (AvgIpc) is 2.83. The lowest BCUT2D eigenvalue weighted by Gasteiger charge is -2.57. The van der Waals surface area contributed by atoms with Crippen LogP contribution in [0.3, 0.4) is 0 Å². The first kappa shape index (κ1) is 13.6. The fraction of sp³-hybridized carbons (Fsp3) is 0.882. The van der Waals surface area contributed by atoms with E-state index in [1.54, 1.807) is 0 Å². The molecule has 4 bridgehead atoms. The summed E-state index contributed by atoms with van der Waals surface area (Å²) in [4.78, 5) is 23.2. The van der Waals surface area contributed by atoms with E-state index in [-0.39, 0.29) is 17.7 Å². The Morgan fingerprint density at radius 3 is 2.29 bits per heavy atom. The van der Waals surface area contributed by atoms with Crippen molar-refractivity contribution in [3.05, 3.63) is 0 Å². The normalized spacial score (nSPS) is 43.9. The Hall–Kier alpha value is -1.06. The highest BCUT2D eigenvalue weighted by Crippen LogP contribution is 2.61. The first-order valence-electron chi connectivity index (χ1n) is 8.66. The van der Waals surface area contributed by atoms with Gasteiger partial charge in [-0.25, -0.2) is 0 Å². The topological polar surface area (TPSA) is 58.2 Å². The summed E-state index contributed by atoms with van der Waals surface area (Å²) in [6.45, 7) is 1.32. The molecule has 1 saturated heterocycles. The smallest absolute Gasteiger partial charge is 0.225 e. The summed E-state index contributed by atoms with van der Waals surface area (Å²) in [6.07, 6.45) is 10.1. The third kappa shape index (κ3) is 2.58. The summed E-state index contributed by atoms with van der Waals surface area (Å²) < 4.78 is 0. The number of amides is 2. The van der Waals surface area contributed by atoms with Crippen molar-refractivity contribution in [1.82, 2.24) is 10.6 Å². The standard InChI is InChI=1S/C17H26N2O2/c20-15-6-14(10-19-15)16(21)18-2-1-17-7-11-3-12(8-17)5-13(4-11)9-17/h11-14H,1-10H2,(H,18,21)(H,19,20). The van der Waals surface area contributed by atoms with Gasteiger partial charge in [0.25, 0.3) is 0 Å². The maximum absolute atomic E-state index is 12.1. The van der Waals surface area contributed by atoms with Crippen molar-refractivity contribution < 1.29 is 9.59 Å². The van der Waals surface area contributed by atoms with Crippen molar-refractivity contribution >= 4 is 11.8 Å². The van der Waals surface area contributed by atoms with Crippen molar-refractivity contribution in [2.45, 2.75) is 51.4 Å². The predicted octanol–water partition coefficient (Wildman–Crippen LogP) is 1.85. The van der Waals surface area contributed by atoms with Crippen LogP contribution in [-0.4, -0.2) is 24.9 Å². The van der Waals surface area contributed by atoms with E-state index in [9.17, 15) is 9.59 Å². The van der Waals surface area contributed by atoms with Gasteiger partial charge in [0.05, 0.1) is 5.92 Å². The van der Waals surface area contributed by atoms with Crippen LogP contribution >= 0.6 is 0 Å². The fourth-order valence-electron chi connectivity index (χ4n) is 5.98. The minimum absolute atomic E-state index is 0.0104. The van der Waals surface area contributed by atoms with Crippen LogP contribution in [0.5, 0.6) is 0 Å². The maximum Gasteiger partial charge on any atom is 0.225 e. The minimum atomic E-state index is -0.145. The van der Waals surface area contributed by atoms with Gasteiger partial charge < -0.3 is 10.6 Å². The molecule has 1 atom stereocenters. The summed E-state index contributed by atoms with van der Waals surface area (Å²) in [5.41, 5.74) is 0.534. The molecule has 0 aromatic heterocycles. The Bertz CT molecular complexity index is 424. The van der Waals surface area contributed by atoms with E-state index in [0.29, 0.717) is 18.4 Å². The van der Waals surface area contributed by atoms with Crippen LogP contribution < -0.4 is 10.6 Å². The van der Waals surface area contributed by atoms with Gasteiger partial charge in [-0.1, -0.05) is 0 Å². The Morgan fingerprint density at radius 1 is 1.14 bits per heavy atom. The molecular formula is C17H26N2O2. The predicted molar refractivity (Wildman–Crippen MR) is 79.3 cm³/mol. The molecule has 0 aromatic carbocycles. The highest BCUT2D eigenvalue weighted by molar-refractivity contribution is 5.89. The van der Waals surface area contributed by atoms with Gasteiger partial charge in [0.15, 0.2) is 0 Å². The lowest BCUT2D eigenvalue weighted by molar-refractivity contribution is -0.126. The molecule has 0 radical (unpaired) electrons. The molecular weight excluding hydrogens is 264 g/mol. The van der Waals surface area contributed by atoms with Crippen LogP contribution in [-0.2, 0) is 9.59 Å². The van der Waals surface area contributed by atoms with Crippen LogP contribution in [0.4, 0.5) is 0 Å². The van der Waals surface area contributed by atoms with Crippen molar-refractivity contribution in [3.63, 3.8) is 0 Å². The van der Waals surface area contributed by atoms with E-state index in [1.807, 2.05) is 0 Å². The summed E-state index contributed by atoms with van der Waals surface area (Å²) in [5, 5.41) is 5.82. The molecule has 1 unspecified atom stereocenters. The van der Waals surface area contributed by atoms with Crippen molar-refractivity contribution in [2.75, 3.05) is 13.1 Å². The summed E-state index contributed by atoms with van der Waals surface area (Å²) in [6, 6.07) is 0. The number of hydrogen-bond donors (Lipinski definition) is 2. The molecule has 0 aromatic rings. The van der Waals surface area contributed by atoms with Gasteiger partial charge in [0.2, 0.25) is 11.8 Å². The number of hydrogen-bond acceptors (Lipinski definition) is 2. The monoisotopic (exact) mass is 290 g/mol. The molecule has 0 spiro atoms. The first-order valence-corrected chi connectivity index (χ1v) is 8.66. The summed E-state index contributed by atoms with van der Waals surface area (Å²) in [7, 11) is 0. The Morgan fingerprint density at radius 2 is 1.76 bits per heavy atom. The lowest BCUT2D eigenvalue weighted by Crippen LogP contribution is -2.47. The van der Waals surface area contributed by atoms with E-state index in [4.69, 9.17) is 0 Å². The van der Waals surface area contributed by atoms with E-state index in [1.165, 1.54) is 38.5 Å². The van der Waals surface area contributed by atoms with Crippen LogP contribution in [0.15, 0.2) is 0 Å². The van der Waals surface area contributed by atoms with E-state index in [0.717, 1.165) is 30.7 Å². The van der Waals surface area contributed by atoms with E-state index in [2.05, 4.69) is 10.6 Å². The SMILES string of the molecule is O=C1CC(C(=O)NCCC23CC4CC(CC(C4)C2)C3)CN1. The molecule has 5 fully saturated rings. The molecule has 5 aliphatic rings.